The smallest absolute Gasteiger partial charge is 0.204 e. The summed E-state index contributed by atoms with van der Waals surface area (Å²) in [5, 5.41) is 7.49. The van der Waals surface area contributed by atoms with Gasteiger partial charge >= 0.3 is 0 Å². The number of aryl methyl sites for hydroxylation is 1. The normalized spacial score (nSPS) is 10.3. The van der Waals surface area contributed by atoms with Crippen LogP contribution in [0.15, 0.2) is 12.5 Å². The van der Waals surface area contributed by atoms with Crippen molar-refractivity contribution in [1.82, 2.24) is 15.0 Å². The van der Waals surface area contributed by atoms with Crippen LogP contribution < -0.4 is 15.4 Å². The fourth-order valence-corrected chi connectivity index (χ4v) is 2.43. The van der Waals surface area contributed by atoms with E-state index in [-0.39, 0.29) is 0 Å². The Morgan fingerprint density at radius 1 is 1.20 bits per heavy atom. The van der Waals surface area contributed by atoms with Gasteiger partial charge in [-0.15, -0.1) is 11.3 Å². The number of thiazole rings is 1. The van der Waals surface area contributed by atoms with Crippen molar-refractivity contribution in [2.45, 2.75) is 26.8 Å². The van der Waals surface area contributed by atoms with Gasteiger partial charge < -0.3 is 15.4 Å². The molecule has 108 valence electrons. The van der Waals surface area contributed by atoms with Gasteiger partial charge in [0.15, 0.2) is 11.6 Å². The second-order valence-electron chi connectivity index (χ2n) is 4.25. The highest BCUT2D eigenvalue weighted by molar-refractivity contribution is 7.11. The third-order valence-corrected chi connectivity index (χ3v) is 3.54. The lowest BCUT2D eigenvalue weighted by atomic mass is 10.4. The predicted molar refractivity (Wildman–Crippen MR) is 81.5 cm³/mol. The molecule has 20 heavy (non-hydrogen) atoms. The Labute approximate surface area is 122 Å². The first-order valence-electron chi connectivity index (χ1n) is 6.52. The summed E-state index contributed by atoms with van der Waals surface area (Å²) in [6, 6.07) is 0. The molecule has 2 rings (SSSR count). The molecule has 0 aliphatic heterocycles. The van der Waals surface area contributed by atoms with Crippen LogP contribution in [0.3, 0.4) is 0 Å². The molecule has 0 bridgehead atoms. The molecule has 0 aliphatic rings. The lowest BCUT2D eigenvalue weighted by molar-refractivity contribution is 0.414. The first kappa shape index (κ1) is 14.5. The Hall–Kier alpha value is -1.89. The maximum absolute atomic E-state index is 5.40. The van der Waals surface area contributed by atoms with Crippen molar-refractivity contribution in [2.24, 2.45) is 0 Å². The number of hydrogen-bond donors (Lipinski definition) is 2. The molecule has 0 amide bonds. The lowest BCUT2D eigenvalue weighted by Gasteiger charge is -2.13. The molecule has 2 N–H and O–H groups in total. The van der Waals surface area contributed by atoms with Crippen LogP contribution in [0.1, 0.15) is 23.2 Å². The average Bonchev–Trinajstić information content (AvgIpc) is 2.88. The molecule has 0 fully saturated rings. The Kier molecular flexibility index (Phi) is 5.11. The first-order chi connectivity index (χ1) is 9.74. The molecule has 7 heteroatoms. The minimum absolute atomic E-state index is 0.624. The average molecular weight is 293 g/mol. The fourth-order valence-electron chi connectivity index (χ4n) is 1.70. The number of aromatic nitrogens is 3. The van der Waals surface area contributed by atoms with E-state index in [4.69, 9.17) is 4.74 Å². The number of ether oxygens (including phenoxy) is 1. The van der Waals surface area contributed by atoms with Crippen molar-refractivity contribution < 1.29 is 4.74 Å². The SMILES string of the molecule is CCCNc1ncnc(NCc2ncc(C)s2)c1OC. The predicted octanol–water partition coefficient (Wildman–Crippen LogP) is 2.68. The largest absolute Gasteiger partial charge is 0.490 e. The van der Waals surface area contributed by atoms with Crippen molar-refractivity contribution in [3.8, 4) is 5.75 Å². The highest BCUT2D eigenvalue weighted by Crippen LogP contribution is 2.29. The van der Waals surface area contributed by atoms with E-state index in [0.29, 0.717) is 23.9 Å². The quantitative estimate of drug-likeness (QED) is 0.818. The molecule has 0 saturated heterocycles. The van der Waals surface area contributed by atoms with Crippen LogP contribution >= 0.6 is 11.3 Å². The van der Waals surface area contributed by atoms with E-state index in [1.54, 1.807) is 18.4 Å². The summed E-state index contributed by atoms with van der Waals surface area (Å²) in [4.78, 5) is 13.9. The topological polar surface area (TPSA) is 72.0 Å². The maximum atomic E-state index is 5.40. The molecule has 0 unspecified atom stereocenters. The molecule has 0 spiro atoms. The minimum atomic E-state index is 0.624. The van der Waals surface area contributed by atoms with Crippen LogP contribution in [0.4, 0.5) is 11.6 Å². The number of nitrogens with zero attached hydrogens (tertiary/aromatic N) is 3. The van der Waals surface area contributed by atoms with E-state index in [9.17, 15) is 0 Å². The zero-order chi connectivity index (χ0) is 14.4. The lowest BCUT2D eigenvalue weighted by Crippen LogP contribution is -2.08. The Morgan fingerprint density at radius 2 is 1.95 bits per heavy atom. The summed E-state index contributed by atoms with van der Waals surface area (Å²) in [6.07, 6.45) is 4.41. The van der Waals surface area contributed by atoms with E-state index in [0.717, 1.165) is 18.0 Å². The Balaban J connectivity index is 2.10. The second-order valence-corrected chi connectivity index (χ2v) is 5.57. The zero-order valence-corrected chi connectivity index (χ0v) is 12.8. The van der Waals surface area contributed by atoms with Crippen LogP contribution in [0.5, 0.6) is 5.75 Å². The van der Waals surface area contributed by atoms with Gasteiger partial charge in [0.25, 0.3) is 0 Å². The number of hydrogen-bond acceptors (Lipinski definition) is 7. The molecule has 0 aromatic carbocycles. The van der Waals surface area contributed by atoms with Crippen molar-refractivity contribution in [3.05, 3.63) is 22.4 Å². The van der Waals surface area contributed by atoms with Gasteiger partial charge in [0, 0.05) is 17.6 Å². The second kappa shape index (κ2) is 7.04. The Bertz CT molecular complexity index is 557. The minimum Gasteiger partial charge on any atom is -0.490 e. The number of anilines is 2. The van der Waals surface area contributed by atoms with Crippen LogP contribution in [-0.4, -0.2) is 28.6 Å². The van der Waals surface area contributed by atoms with Crippen molar-refractivity contribution in [3.63, 3.8) is 0 Å². The van der Waals surface area contributed by atoms with Crippen LogP contribution in [0.25, 0.3) is 0 Å². The summed E-state index contributed by atoms with van der Waals surface area (Å²) >= 11 is 1.67. The third-order valence-electron chi connectivity index (χ3n) is 2.63. The summed E-state index contributed by atoms with van der Waals surface area (Å²) in [5.74, 6) is 2.02. The van der Waals surface area contributed by atoms with Crippen molar-refractivity contribution in [1.29, 1.82) is 0 Å². The van der Waals surface area contributed by atoms with E-state index in [2.05, 4.69) is 32.5 Å². The van der Waals surface area contributed by atoms with Gasteiger partial charge in [-0.05, 0) is 13.3 Å². The maximum Gasteiger partial charge on any atom is 0.204 e. The molecular formula is C13H19N5OS. The van der Waals surface area contributed by atoms with Gasteiger partial charge in [-0.1, -0.05) is 6.92 Å². The van der Waals surface area contributed by atoms with Crippen molar-refractivity contribution >= 4 is 23.0 Å². The summed E-state index contributed by atoms with van der Waals surface area (Å²) in [6.45, 7) is 5.61. The molecule has 0 saturated carbocycles. The molecule has 0 radical (unpaired) electrons. The standard InChI is InChI=1S/C13H19N5OS/c1-4-5-14-12-11(19-3)13(18-8-17-12)16-7-10-15-6-9(2)20-10/h6,8H,4-5,7H2,1-3H3,(H2,14,16,17,18). The van der Waals surface area contributed by atoms with E-state index < -0.39 is 0 Å². The Morgan fingerprint density at radius 3 is 2.55 bits per heavy atom. The summed E-state index contributed by atoms with van der Waals surface area (Å²) in [7, 11) is 1.62. The van der Waals surface area contributed by atoms with E-state index in [1.165, 1.54) is 11.2 Å². The summed E-state index contributed by atoms with van der Waals surface area (Å²) < 4.78 is 5.40. The van der Waals surface area contributed by atoms with E-state index in [1.807, 2.05) is 13.1 Å². The summed E-state index contributed by atoms with van der Waals surface area (Å²) in [5.41, 5.74) is 0. The fraction of sp³-hybridized carbons (Fsp3) is 0.462. The third kappa shape index (κ3) is 3.57. The molecular weight excluding hydrogens is 274 g/mol. The highest BCUT2D eigenvalue weighted by Gasteiger charge is 2.11. The molecule has 0 atom stereocenters. The molecule has 2 heterocycles. The number of nitrogens with one attached hydrogen (secondary N) is 2. The molecule has 2 aromatic rings. The molecule has 2 aromatic heterocycles. The van der Waals surface area contributed by atoms with Crippen LogP contribution in [0, 0.1) is 6.92 Å². The molecule has 6 nitrogen and oxygen atoms in total. The van der Waals surface area contributed by atoms with Crippen LogP contribution in [-0.2, 0) is 6.54 Å². The highest BCUT2D eigenvalue weighted by atomic mass is 32.1. The first-order valence-corrected chi connectivity index (χ1v) is 7.34. The molecule has 0 aliphatic carbocycles. The zero-order valence-electron chi connectivity index (χ0n) is 11.9. The van der Waals surface area contributed by atoms with Crippen LogP contribution in [0.2, 0.25) is 0 Å². The van der Waals surface area contributed by atoms with Gasteiger partial charge in [-0.2, -0.15) is 0 Å². The van der Waals surface area contributed by atoms with Gasteiger partial charge in [-0.25, -0.2) is 15.0 Å². The number of rotatable bonds is 7. The van der Waals surface area contributed by atoms with Gasteiger partial charge in [0.2, 0.25) is 5.75 Å². The van der Waals surface area contributed by atoms with Gasteiger partial charge in [0.1, 0.15) is 11.3 Å². The monoisotopic (exact) mass is 293 g/mol. The van der Waals surface area contributed by atoms with Gasteiger partial charge in [0.05, 0.1) is 13.7 Å². The van der Waals surface area contributed by atoms with E-state index >= 15 is 0 Å². The van der Waals surface area contributed by atoms with Crippen molar-refractivity contribution in [2.75, 3.05) is 24.3 Å². The van der Waals surface area contributed by atoms with Gasteiger partial charge in [-0.3, -0.25) is 0 Å². The number of methoxy groups -OCH3 is 1.